The van der Waals surface area contributed by atoms with E-state index in [0.717, 1.165) is 43.9 Å². The van der Waals surface area contributed by atoms with Crippen molar-refractivity contribution in [2.45, 2.75) is 90.9 Å². The lowest BCUT2D eigenvalue weighted by Gasteiger charge is -2.06. The van der Waals surface area contributed by atoms with Gasteiger partial charge in [-0.15, -0.1) is 0 Å². The van der Waals surface area contributed by atoms with Crippen molar-refractivity contribution in [1.82, 2.24) is 9.97 Å². The van der Waals surface area contributed by atoms with Crippen LogP contribution in [0.3, 0.4) is 0 Å². The Kier molecular flexibility index (Phi) is 15.0. The van der Waals surface area contributed by atoms with Crippen molar-refractivity contribution in [1.29, 1.82) is 0 Å². The molecule has 4 heteroatoms. The van der Waals surface area contributed by atoms with Crippen molar-refractivity contribution in [2.24, 2.45) is 0 Å². The summed E-state index contributed by atoms with van der Waals surface area (Å²) in [5.41, 5.74) is 2.42. The average molecular weight is 453 g/mol. The van der Waals surface area contributed by atoms with Crippen LogP contribution in [-0.2, 0) is 11.2 Å². The third-order valence-corrected chi connectivity index (χ3v) is 5.68. The molecule has 0 fully saturated rings. The van der Waals surface area contributed by atoms with Gasteiger partial charge in [0, 0.05) is 18.8 Å². The third kappa shape index (κ3) is 12.6. The van der Waals surface area contributed by atoms with Crippen LogP contribution < -0.4 is 4.74 Å². The molecule has 0 spiro atoms. The van der Waals surface area contributed by atoms with Crippen LogP contribution in [-0.4, -0.2) is 29.8 Å². The fourth-order valence-corrected chi connectivity index (χ4v) is 3.69. The summed E-state index contributed by atoms with van der Waals surface area (Å²) in [4.78, 5) is 8.96. The molecule has 0 atom stereocenters. The average Bonchev–Trinajstić information content (AvgIpc) is 2.85. The van der Waals surface area contributed by atoms with Crippen molar-refractivity contribution in [3.8, 4) is 17.1 Å². The predicted octanol–water partition coefficient (Wildman–Crippen LogP) is 7.97. The Hall–Kier alpha value is -2.20. The first kappa shape index (κ1) is 27.0. The van der Waals surface area contributed by atoms with E-state index in [-0.39, 0.29) is 0 Å². The minimum absolute atomic E-state index is 0.568. The Morgan fingerprint density at radius 1 is 0.727 bits per heavy atom. The summed E-state index contributed by atoms with van der Waals surface area (Å²) in [5, 5.41) is 0. The normalized spacial score (nSPS) is 11.3. The second-order valence-electron chi connectivity index (χ2n) is 8.70. The molecule has 0 radical (unpaired) electrons. The first-order valence-corrected chi connectivity index (χ1v) is 13.1. The van der Waals surface area contributed by atoms with E-state index in [1.54, 1.807) is 12.4 Å². The van der Waals surface area contributed by atoms with Gasteiger partial charge in [-0.2, -0.15) is 0 Å². The Balaban J connectivity index is 1.62. The second-order valence-corrected chi connectivity index (χ2v) is 8.70. The molecule has 0 bridgehead atoms. The number of ether oxygens (including phenoxy) is 2. The summed E-state index contributed by atoms with van der Waals surface area (Å²) in [5.74, 6) is 1.45. The highest BCUT2D eigenvalue weighted by Gasteiger charge is 2.03. The Morgan fingerprint density at radius 2 is 1.45 bits per heavy atom. The van der Waals surface area contributed by atoms with E-state index in [0.29, 0.717) is 12.4 Å². The van der Waals surface area contributed by atoms with Crippen molar-refractivity contribution < 1.29 is 9.47 Å². The molecule has 0 saturated heterocycles. The zero-order chi connectivity index (χ0) is 23.4. The van der Waals surface area contributed by atoms with Crippen LogP contribution in [0, 0.1) is 0 Å². The lowest BCUT2D eigenvalue weighted by Crippen LogP contribution is -1.96. The van der Waals surface area contributed by atoms with E-state index in [1.165, 1.54) is 63.4 Å². The van der Waals surface area contributed by atoms with Crippen LogP contribution in [0.5, 0.6) is 5.75 Å². The van der Waals surface area contributed by atoms with E-state index in [1.807, 2.05) is 0 Å². The lowest BCUT2D eigenvalue weighted by molar-refractivity contribution is 0.130. The first-order valence-electron chi connectivity index (χ1n) is 13.1. The van der Waals surface area contributed by atoms with E-state index >= 15 is 0 Å². The molecular formula is C29H44N2O2. The minimum atomic E-state index is 0.568. The summed E-state index contributed by atoms with van der Waals surface area (Å²) in [6.07, 6.45) is 22.7. The van der Waals surface area contributed by atoms with Gasteiger partial charge in [-0.25, -0.2) is 9.97 Å². The summed E-state index contributed by atoms with van der Waals surface area (Å²) in [6, 6.07) is 8.63. The molecule has 0 unspecified atom stereocenters. The van der Waals surface area contributed by atoms with E-state index in [4.69, 9.17) is 9.47 Å². The summed E-state index contributed by atoms with van der Waals surface area (Å²) >= 11 is 0. The SMILES string of the molecule is CCCCCCCC=CCOc1cnc(-c2ccc(CCCCCCOCCC)cc2)nc1. The van der Waals surface area contributed by atoms with Gasteiger partial charge in [-0.05, 0) is 44.1 Å². The summed E-state index contributed by atoms with van der Waals surface area (Å²) < 4.78 is 11.3. The molecule has 2 rings (SSSR count). The molecule has 1 aromatic carbocycles. The molecular weight excluding hydrogens is 408 g/mol. The topological polar surface area (TPSA) is 44.2 Å². The van der Waals surface area contributed by atoms with Crippen LogP contribution in [0.15, 0.2) is 48.8 Å². The highest BCUT2D eigenvalue weighted by Crippen LogP contribution is 2.18. The van der Waals surface area contributed by atoms with Gasteiger partial charge < -0.3 is 9.47 Å². The number of unbranched alkanes of at least 4 members (excludes halogenated alkanes) is 8. The maximum atomic E-state index is 5.73. The van der Waals surface area contributed by atoms with E-state index < -0.39 is 0 Å². The van der Waals surface area contributed by atoms with E-state index in [2.05, 4.69) is 60.2 Å². The van der Waals surface area contributed by atoms with Crippen LogP contribution in [0.25, 0.3) is 11.4 Å². The fraction of sp³-hybridized carbons (Fsp3) is 0.586. The Bertz CT molecular complexity index is 741. The molecule has 0 saturated carbocycles. The molecule has 0 aliphatic carbocycles. The summed E-state index contributed by atoms with van der Waals surface area (Å²) in [7, 11) is 0. The van der Waals surface area contributed by atoms with Gasteiger partial charge in [0.1, 0.15) is 6.61 Å². The number of allylic oxidation sites excluding steroid dienone is 1. The van der Waals surface area contributed by atoms with Crippen molar-refractivity contribution >= 4 is 0 Å². The molecule has 0 aliphatic heterocycles. The maximum absolute atomic E-state index is 5.73. The third-order valence-electron chi connectivity index (χ3n) is 5.68. The molecule has 1 heterocycles. The molecule has 0 aliphatic rings. The quantitative estimate of drug-likeness (QED) is 0.160. The predicted molar refractivity (Wildman–Crippen MR) is 139 cm³/mol. The molecule has 0 amide bonds. The van der Waals surface area contributed by atoms with Crippen molar-refractivity contribution in [3.63, 3.8) is 0 Å². The molecule has 0 N–H and O–H groups in total. The van der Waals surface area contributed by atoms with Gasteiger partial charge >= 0.3 is 0 Å². The number of aromatic nitrogens is 2. The fourth-order valence-electron chi connectivity index (χ4n) is 3.69. The highest BCUT2D eigenvalue weighted by atomic mass is 16.5. The molecule has 4 nitrogen and oxygen atoms in total. The van der Waals surface area contributed by atoms with Gasteiger partial charge in [0.05, 0.1) is 12.4 Å². The number of aryl methyl sites for hydroxylation is 1. The van der Waals surface area contributed by atoms with Crippen LogP contribution in [0.1, 0.15) is 90.0 Å². The van der Waals surface area contributed by atoms with Gasteiger partial charge in [0.2, 0.25) is 0 Å². The van der Waals surface area contributed by atoms with Crippen LogP contribution in [0.2, 0.25) is 0 Å². The molecule has 33 heavy (non-hydrogen) atoms. The number of rotatable bonds is 19. The van der Waals surface area contributed by atoms with Gasteiger partial charge in [-0.3, -0.25) is 0 Å². The molecule has 2 aromatic rings. The first-order chi connectivity index (χ1) is 16.3. The second kappa shape index (κ2) is 18.3. The number of nitrogens with zero attached hydrogens (tertiary/aromatic N) is 2. The zero-order valence-electron chi connectivity index (χ0n) is 20.9. The number of benzene rings is 1. The maximum Gasteiger partial charge on any atom is 0.159 e. The van der Waals surface area contributed by atoms with Crippen LogP contribution in [0.4, 0.5) is 0 Å². The number of hydrogen-bond acceptors (Lipinski definition) is 4. The van der Waals surface area contributed by atoms with Gasteiger partial charge in [-0.1, -0.05) is 88.8 Å². The zero-order valence-corrected chi connectivity index (χ0v) is 20.9. The van der Waals surface area contributed by atoms with Crippen molar-refractivity contribution in [2.75, 3.05) is 19.8 Å². The van der Waals surface area contributed by atoms with Gasteiger partial charge in [0.15, 0.2) is 11.6 Å². The van der Waals surface area contributed by atoms with Crippen LogP contribution >= 0.6 is 0 Å². The lowest BCUT2D eigenvalue weighted by atomic mass is 10.0. The van der Waals surface area contributed by atoms with Gasteiger partial charge in [0.25, 0.3) is 0 Å². The van der Waals surface area contributed by atoms with Crippen molar-refractivity contribution in [3.05, 3.63) is 54.4 Å². The number of hydrogen-bond donors (Lipinski definition) is 0. The van der Waals surface area contributed by atoms with E-state index in [9.17, 15) is 0 Å². The molecule has 1 aromatic heterocycles. The molecule has 182 valence electrons. The smallest absolute Gasteiger partial charge is 0.159 e. The Morgan fingerprint density at radius 3 is 2.21 bits per heavy atom. The standard InChI is InChI=1S/C29H44N2O2/c1-3-5-6-7-8-9-11-15-23-33-28-24-30-29(31-25-28)27-19-17-26(18-20-27)16-13-10-12-14-22-32-21-4-2/h11,15,17-20,24-25H,3-10,12-14,16,21-23H2,1-2H3. The highest BCUT2D eigenvalue weighted by molar-refractivity contribution is 5.55. The largest absolute Gasteiger partial charge is 0.486 e. The monoisotopic (exact) mass is 452 g/mol. The summed E-state index contributed by atoms with van der Waals surface area (Å²) in [6.45, 7) is 6.76. The minimum Gasteiger partial charge on any atom is -0.486 e. The Labute approximate surface area is 201 Å².